The molecule has 0 aliphatic rings. The highest BCUT2D eigenvalue weighted by atomic mass is 32.2. The van der Waals surface area contributed by atoms with Gasteiger partial charge in [-0.3, -0.25) is 0 Å². The Hall–Kier alpha value is -1.59. The molecule has 2 aromatic carbocycles. The highest BCUT2D eigenvalue weighted by Gasteiger charge is 2.25. The smallest absolute Gasteiger partial charge is 0.241 e. The summed E-state index contributed by atoms with van der Waals surface area (Å²) in [5.74, 6) is 0. The third kappa shape index (κ3) is 2.94. The normalized spacial score (nSPS) is 12.8. The van der Waals surface area contributed by atoms with Gasteiger partial charge in [0.05, 0.1) is 4.90 Å². The third-order valence-electron chi connectivity index (χ3n) is 3.45. The molecule has 20 heavy (non-hydrogen) atoms. The number of rotatable bonds is 4. The summed E-state index contributed by atoms with van der Waals surface area (Å²) in [6, 6.07) is 10.4. The first kappa shape index (κ1) is 14.8. The van der Waals surface area contributed by atoms with Crippen molar-refractivity contribution in [1.82, 2.24) is 4.72 Å². The van der Waals surface area contributed by atoms with Crippen LogP contribution < -0.4 is 10.5 Å². The van der Waals surface area contributed by atoms with Gasteiger partial charge in [-0.1, -0.05) is 25.1 Å². The molecule has 0 aliphatic heterocycles. The number of nitrogens with one attached hydrogen (secondary N) is 1. The Morgan fingerprint density at radius 2 is 1.90 bits per heavy atom. The van der Waals surface area contributed by atoms with Gasteiger partial charge in [0, 0.05) is 16.6 Å². The number of sulfonamides is 1. The summed E-state index contributed by atoms with van der Waals surface area (Å²) in [7, 11) is -3.56. The molecule has 0 radical (unpaired) electrons. The van der Waals surface area contributed by atoms with Crippen molar-refractivity contribution in [3.05, 3.63) is 36.4 Å². The summed E-state index contributed by atoms with van der Waals surface area (Å²) >= 11 is 0. The van der Waals surface area contributed by atoms with Gasteiger partial charge in [0.1, 0.15) is 0 Å². The summed E-state index contributed by atoms with van der Waals surface area (Å²) in [5, 5.41) is 1.50. The Bertz CT molecular complexity index is 737. The first-order valence-electron chi connectivity index (χ1n) is 6.57. The summed E-state index contributed by atoms with van der Waals surface area (Å²) in [5.41, 5.74) is 5.88. The fourth-order valence-electron chi connectivity index (χ4n) is 2.00. The van der Waals surface area contributed by atoms with E-state index in [4.69, 9.17) is 5.73 Å². The molecule has 0 bridgehead atoms. The second kappa shape index (κ2) is 5.07. The molecule has 0 spiro atoms. The lowest BCUT2D eigenvalue weighted by Crippen LogP contribution is -2.42. The largest absolute Gasteiger partial charge is 0.399 e. The second-order valence-electron chi connectivity index (χ2n) is 5.58. The van der Waals surface area contributed by atoms with Crippen molar-refractivity contribution in [2.75, 3.05) is 5.73 Å². The van der Waals surface area contributed by atoms with Gasteiger partial charge >= 0.3 is 0 Å². The zero-order valence-electron chi connectivity index (χ0n) is 12.0. The standard InChI is InChI=1S/C15H20N2O2S/c1-4-15(2,3)17-20(18,19)14-7-5-6-11-10-12(16)8-9-13(11)14/h5-10,17H,4,16H2,1-3H3. The van der Waals surface area contributed by atoms with Crippen molar-refractivity contribution in [3.63, 3.8) is 0 Å². The van der Waals surface area contributed by atoms with E-state index in [1.165, 1.54) is 0 Å². The quantitative estimate of drug-likeness (QED) is 0.851. The third-order valence-corrected chi connectivity index (χ3v) is 5.20. The van der Waals surface area contributed by atoms with Gasteiger partial charge in [-0.15, -0.1) is 0 Å². The number of benzene rings is 2. The molecule has 0 atom stereocenters. The number of nitrogens with two attached hydrogens (primary N) is 1. The van der Waals surface area contributed by atoms with Crippen LogP contribution in [0.4, 0.5) is 5.69 Å². The summed E-state index contributed by atoms with van der Waals surface area (Å²) in [6.45, 7) is 5.69. The van der Waals surface area contributed by atoms with Crippen LogP contribution in [0.1, 0.15) is 27.2 Å². The van der Waals surface area contributed by atoms with Crippen LogP contribution in [0.5, 0.6) is 0 Å². The van der Waals surface area contributed by atoms with Gasteiger partial charge in [0.15, 0.2) is 0 Å². The lowest BCUT2D eigenvalue weighted by molar-refractivity contribution is 0.440. The van der Waals surface area contributed by atoms with Gasteiger partial charge in [0.25, 0.3) is 0 Å². The Kier molecular flexibility index (Phi) is 3.75. The molecule has 4 nitrogen and oxygen atoms in total. The summed E-state index contributed by atoms with van der Waals surface area (Å²) in [6.07, 6.45) is 0.712. The molecule has 0 fully saturated rings. The SMILES string of the molecule is CCC(C)(C)NS(=O)(=O)c1cccc2cc(N)ccc12. The predicted octanol–water partition coefficient (Wildman–Crippen LogP) is 2.89. The highest BCUT2D eigenvalue weighted by molar-refractivity contribution is 7.89. The van der Waals surface area contributed by atoms with Crippen LogP contribution in [0.15, 0.2) is 41.3 Å². The number of fused-ring (bicyclic) bond motifs is 1. The molecule has 0 amide bonds. The van der Waals surface area contributed by atoms with E-state index in [1.807, 2.05) is 26.8 Å². The van der Waals surface area contributed by atoms with Crippen LogP contribution in [0, 0.1) is 0 Å². The highest BCUT2D eigenvalue weighted by Crippen LogP contribution is 2.26. The number of hydrogen-bond donors (Lipinski definition) is 2. The van der Waals surface area contributed by atoms with E-state index < -0.39 is 15.6 Å². The minimum absolute atomic E-state index is 0.288. The van der Waals surface area contributed by atoms with E-state index in [2.05, 4.69) is 4.72 Å². The van der Waals surface area contributed by atoms with Gasteiger partial charge in [0.2, 0.25) is 10.0 Å². The van der Waals surface area contributed by atoms with Crippen LogP contribution in [-0.4, -0.2) is 14.0 Å². The molecule has 108 valence electrons. The van der Waals surface area contributed by atoms with E-state index in [-0.39, 0.29) is 4.90 Å². The molecule has 2 rings (SSSR count). The minimum atomic E-state index is -3.56. The first-order chi connectivity index (χ1) is 9.25. The van der Waals surface area contributed by atoms with Crippen molar-refractivity contribution >= 4 is 26.5 Å². The Morgan fingerprint density at radius 3 is 2.55 bits per heavy atom. The molecule has 5 heteroatoms. The molecule has 0 saturated heterocycles. The van der Waals surface area contributed by atoms with Crippen molar-refractivity contribution in [2.24, 2.45) is 0 Å². The summed E-state index contributed by atoms with van der Waals surface area (Å²) in [4.78, 5) is 0.288. The molecule has 3 N–H and O–H groups in total. The van der Waals surface area contributed by atoms with E-state index in [1.54, 1.807) is 30.3 Å². The van der Waals surface area contributed by atoms with Gasteiger partial charge < -0.3 is 5.73 Å². The maximum Gasteiger partial charge on any atom is 0.241 e. The van der Waals surface area contributed by atoms with Crippen LogP contribution in [0.2, 0.25) is 0 Å². The molecule has 0 heterocycles. The molecular weight excluding hydrogens is 272 g/mol. The van der Waals surface area contributed by atoms with Gasteiger partial charge in [-0.2, -0.15) is 0 Å². The minimum Gasteiger partial charge on any atom is -0.399 e. The van der Waals surface area contributed by atoms with Crippen LogP contribution in [0.3, 0.4) is 0 Å². The van der Waals surface area contributed by atoms with Crippen molar-refractivity contribution in [1.29, 1.82) is 0 Å². The fourth-order valence-corrected chi connectivity index (χ4v) is 3.71. The van der Waals surface area contributed by atoms with Crippen molar-refractivity contribution in [3.8, 4) is 0 Å². The molecule has 0 aliphatic carbocycles. The zero-order chi connectivity index (χ0) is 15.0. The van der Waals surface area contributed by atoms with Crippen LogP contribution >= 0.6 is 0 Å². The predicted molar refractivity (Wildman–Crippen MR) is 83.1 cm³/mol. The Balaban J connectivity index is 2.58. The molecule has 0 saturated carbocycles. The van der Waals surface area contributed by atoms with Gasteiger partial charge in [-0.25, -0.2) is 13.1 Å². The monoisotopic (exact) mass is 292 g/mol. The lowest BCUT2D eigenvalue weighted by atomic mass is 10.0. The van der Waals surface area contributed by atoms with E-state index in [0.29, 0.717) is 17.5 Å². The Morgan fingerprint density at radius 1 is 1.20 bits per heavy atom. The van der Waals surface area contributed by atoms with E-state index in [0.717, 1.165) is 5.39 Å². The average Bonchev–Trinajstić information content (AvgIpc) is 2.36. The molecular formula is C15H20N2O2S. The van der Waals surface area contributed by atoms with Crippen molar-refractivity contribution in [2.45, 2.75) is 37.6 Å². The number of anilines is 1. The van der Waals surface area contributed by atoms with Crippen LogP contribution in [-0.2, 0) is 10.0 Å². The first-order valence-corrected chi connectivity index (χ1v) is 8.06. The van der Waals surface area contributed by atoms with E-state index in [9.17, 15) is 8.42 Å². The topological polar surface area (TPSA) is 72.2 Å². The van der Waals surface area contributed by atoms with Crippen molar-refractivity contribution < 1.29 is 8.42 Å². The molecule has 0 aromatic heterocycles. The number of nitrogen functional groups attached to an aromatic ring is 1. The molecule has 2 aromatic rings. The molecule has 0 unspecified atom stereocenters. The average molecular weight is 292 g/mol. The fraction of sp³-hybridized carbons (Fsp3) is 0.333. The summed E-state index contributed by atoms with van der Waals surface area (Å²) < 4.78 is 27.9. The van der Waals surface area contributed by atoms with Crippen LogP contribution in [0.25, 0.3) is 10.8 Å². The lowest BCUT2D eigenvalue weighted by Gasteiger charge is -2.24. The maximum absolute atomic E-state index is 12.6. The van der Waals surface area contributed by atoms with Gasteiger partial charge in [-0.05, 0) is 43.9 Å². The zero-order valence-corrected chi connectivity index (χ0v) is 12.8. The van der Waals surface area contributed by atoms with E-state index >= 15 is 0 Å². The Labute approximate surface area is 120 Å². The second-order valence-corrected chi connectivity index (χ2v) is 7.23. The number of hydrogen-bond acceptors (Lipinski definition) is 3. The maximum atomic E-state index is 12.6.